The van der Waals surface area contributed by atoms with Gasteiger partial charge in [-0.1, -0.05) is 13.0 Å². The van der Waals surface area contributed by atoms with Gasteiger partial charge in [0.2, 0.25) is 5.82 Å². The maximum atomic E-state index is 13.0. The lowest BCUT2D eigenvalue weighted by atomic mass is 9.86. The van der Waals surface area contributed by atoms with Crippen molar-refractivity contribution >= 4 is 5.91 Å². The Morgan fingerprint density at radius 2 is 1.89 bits per heavy atom. The molecule has 2 saturated heterocycles. The van der Waals surface area contributed by atoms with E-state index in [0.717, 1.165) is 56.9 Å². The Kier molecular flexibility index (Phi) is 8.69. The van der Waals surface area contributed by atoms with Crippen LogP contribution < -0.4 is 10.1 Å². The van der Waals surface area contributed by atoms with E-state index in [4.69, 9.17) is 4.74 Å². The quantitative estimate of drug-likeness (QED) is 0.517. The fourth-order valence-electron chi connectivity index (χ4n) is 5.43. The maximum Gasteiger partial charge on any atom is 0.451 e. The number of benzene rings is 1. The van der Waals surface area contributed by atoms with Crippen LogP contribution in [0.4, 0.5) is 13.2 Å². The van der Waals surface area contributed by atoms with Gasteiger partial charge in [-0.3, -0.25) is 9.69 Å². The number of halogens is 3. The van der Waals surface area contributed by atoms with E-state index in [-0.39, 0.29) is 23.6 Å². The molecule has 0 unspecified atom stereocenters. The molecule has 37 heavy (non-hydrogen) atoms. The molecule has 2 aliphatic heterocycles. The fourth-order valence-corrected chi connectivity index (χ4v) is 5.43. The second kappa shape index (κ2) is 11.8. The largest absolute Gasteiger partial charge is 0.493 e. The standard InChI is InChI=1S/C27H36F3N5O2/c1-4-31-11-6-14-37-24-10-9-22(18(2)19(24)3)23-8-5-7-21-17-34(12-13-35(21)23)25(36)20-15-32-26(33-16-20)27(28,29)30/h9-10,15-16,21,23,31H,4-8,11-14,17H2,1-3H3/t21-,23+/m0/s1. The molecule has 0 spiro atoms. The zero-order chi connectivity index (χ0) is 26.6. The number of hydrogen-bond acceptors (Lipinski definition) is 6. The second-order valence-electron chi connectivity index (χ2n) is 9.84. The van der Waals surface area contributed by atoms with Crippen LogP contribution in [0.3, 0.4) is 0 Å². The highest BCUT2D eigenvalue weighted by Gasteiger charge is 2.38. The van der Waals surface area contributed by atoms with Crippen molar-refractivity contribution in [1.82, 2.24) is 25.1 Å². The van der Waals surface area contributed by atoms with Crippen molar-refractivity contribution in [1.29, 1.82) is 0 Å². The zero-order valence-electron chi connectivity index (χ0n) is 21.8. The summed E-state index contributed by atoms with van der Waals surface area (Å²) in [5.41, 5.74) is 3.80. The van der Waals surface area contributed by atoms with Crippen molar-refractivity contribution in [3.8, 4) is 5.75 Å². The predicted molar refractivity (Wildman–Crippen MR) is 135 cm³/mol. The molecule has 3 heterocycles. The number of ether oxygens (including phenoxy) is 1. The third kappa shape index (κ3) is 6.23. The highest BCUT2D eigenvalue weighted by molar-refractivity contribution is 5.93. The fraction of sp³-hybridized carbons (Fsp3) is 0.593. The lowest BCUT2D eigenvalue weighted by molar-refractivity contribution is -0.145. The number of hydrogen-bond donors (Lipinski definition) is 1. The first kappa shape index (κ1) is 27.3. The van der Waals surface area contributed by atoms with E-state index in [0.29, 0.717) is 26.2 Å². The lowest BCUT2D eigenvalue weighted by Gasteiger charge is -2.48. The number of fused-ring (bicyclic) bond motifs is 1. The van der Waals surface area contributed by atoms with Crippen molar-refractivity contribution in [2.45, 2.75) is 64.7 Å². The van der Waals surface area contributed by atoms with Gasteiger partial charge < -0.3 is 15.0 Å². The van der Waals surface area contributed by atoms with Crippen LogP contribution in [0.5, 0.6) is 5.75 Å². The van der Waals surface area contributed by atoms with Crippen LogP contribution in [0.2, 0.25) is 0 Å². The monoisotopic (exact) mass is 519 g/mol. The first-order chi connectivity index (χ1) is 17.7. The summed E-state index contributed by atoms with van der Waals surface area (Å²) in [5, 5.41) is 3.31. The summed E-state index contributed by atoms with van der Waals surface area (Å²) in [7, 11) is 0. The number of piperazine rings is 1. The van der Waals surface area contributed by atoms with Crippen LogP contribution in [0.25, 0.3) is 0 Å². The number of piperidine rings is 1. The molecule has 1 amide bonds. The smallest absolute Gasteiger partial charge is 0.451 e. The molecule has 2 atom stereocenters. The van der Waals surface area contributed by atoms with E-state index < -0.39 is 12.0 Å². The topological polar surface area (TPSA) is 70.6 Å². The van der Waals surface area contributed by atoms with Crippen LogP contribution in [0, 0.1) is 13.8 Å². The molecular formula is C27H36F3N5O2. The van der Waals surface area contributed by atoms with E-state index >= 15 is 0 Å². The molecule has 2 aromatic rings. The summed E-state index contributed by atoms with van der Waals surface area (Å²) < 4.78 is 44.4. The minimum Gasteiger partial charge on any atom is -0.493 e. The number of carbonyl (C=O) groups is 1. The van der Waals surface area contributed by atoms with Crippen LogP contribution in [0.15, 0.2) is 24.5 Å². The summed E-state index contributed by atoms with van der Waals surface area (Å²) in [6.45, 7) is 10.7. The Morgan fingerprint density at radius 1 is 1.14 bits per heavy atom. The van der Waals surface area contributed by atoms with Gasteiger partial charge in [0, 0.05) is 44.1 Å². The molecular weight excluding hydrogens is 483 g/mol. The molecule has 4 rings (SSSR count). The third-order valence-corrected chi connectivity index (χ3v) is 7.53. The van der Waals surface area contributed by atoms with Crippen LogP contribution in [-0.2, 0) is 6.18 Å². The zero-order valence-corrected chi connectivity index (χ0v) is 21.8. The van der Waals surface area contributed by atoms with Gasteiger partial charge in [0.05, 0.1) is 12.2 Å². The summed E-state index contributed by atoms with van der Waals surface area (Å²) in [6.07, 6.45) is 1.37. The summed E-state index contributed by atoms with van der Waals surface area (Å²) in [6, 6.07) is 4.74. The van der Waals surface area contributed by atoms with Crippen molar-refractivity contribution in [2.24, 2.45) is 0 Å². The SMILES string of the molecule is CCNCCCOc1ccc([C@H]2CCC[C@H]3CN(C(=O)c4cnc(C(F)(F)F)nc4)CCN32)c(C)c1C. The molecule has 0 aliphatic carbocycles. The molecule has 7 nitrogen and oxygen atoms in total. The summed E-state index contributed by atoms with van der Waals surface area (Å²) in [4.78, 5) is 23.9. The van der Waals surface area contributed by atoms with E-state index in [9.17, 15) is 18.0 Å². The number of aromatic nitrogens is 2. The van der Waals surface area contributed by atoms with Crippen LogP contribution in [0.1, 0.15) is 71.5 Å². The molecule has 0 bridgehead atoms. The van der Waals surface area contributed by atoms with Gasteiger partial charge in [-0.2, -0.15) is 13.2 Å². The molecule has 0 saturated carbocycles. The van der Waals surface area contributed by atoms with Crippen molar-refractivity contribution < 1.29 is 22.7 Å². The molecule has 1 aromatic carbocycles. The van der Waals surface area contributed by atoms with Gasteiger partial charge in [-0.15, -0.1) is 0 Å². The molecule has 1 aromatic heterocycles. The minimum atomic E-state index is -4.63. The molecule has 0 radical (unpaired) electrons. The first-order valence-corrected chi connectivity index (χ1v) is 13.1. The second-order valence-corrected chi connectivity index (χ2v) is 9.84. The van der Waals surface area contributed by atoms with Gasteiger partial charge in [-0.05, 0) is 75.4 Å². The highest BCUT2D eigenvalue weighted by atomic mass is 19.4. The number of nitrogens with one attached hydrogen (secondary N) is 1. The van der Waals surface area contributed by atoms with Gasteiger partial charge in [-0.25, -0.2) is 9.97 Å². The molecule has 10 heteroatoms. The van der Waals surface area contributed by atoms with E-state index in [1.165, 1.54) is 16.7 Å². The molecule has 1 N–H and O–H groups in total. The van der Waals surface area contributed by atoms with Gasteiger partial charge >= 0.3 is 6.18 Å². The lowest BCUT2D eigenvalue weighted by Crippen LogP contribution is -2.57. The summed E-state index contributed by atoms with van der Waals surface area (Å²) >= 11 is 0. The minimum absolute atomic E-state index is 0.0846. The maximum absolute atomic E-state index is 13.0. The van der Waals surface area contributed by atoms with E-state index in [2.05, 4.69) is 53.1 Å². The number of rotatable bonds is 8. The van der Waals surface area contributed by atoms with E-state index in [1.54, 1.807) is 4.90 Å². The molecule has 2 fully saturated rings. The number of nitrogens with zero attached hydrogens (tertiary/aromatic N) is 4. The molecule has 202 valence electrons. The van der Waals surface area contributed by atoms with Gasteiger partial charge in [0.25, 0.3) is 5.91 Å². The number of amides is 1. The van der Waals surface area contributed by atoms with Crippen LogP contribution >= 0.6 is 0 Å². The normalized spacial score (nSPS) is 20.5. The third-order valence-electron chi connectivity index (χ3n) is 7.53. The van der Waals surface area contributed by atoms with Crippen molar-refractivity contribution in [2.75, 3.05) is 39.3 Å². The molecule has 2 aliphatic rings. The number of alkyl halides is 3. The van der Waals surface area contributed by atoms with Crippen LogP contribution in [-0.4, -0.2) is 71.0 Å². The Bertz CT molecular complexity index is 1080. The average Bonchev–Trinajstić information content (AvgIpc) is 2.89. The van der Waals surface area contributed by atoms with Gasteiger partial charge in [0.1, 0.15) is 5.75 Å². The summed E-state index contributed by atoms with van der Waals surface area (Å²) in [5.74, 6) is -0.628. The van der Waals surface area contributed by atoms with Gasteiger partial charge in [0.15, 0.2) is 0 Å². The highest BCUT2D eigenvalue weighted by Crippen LogP contribution is 2.39. The predicted octanol–water partition coefficient (Wildman–Crippen LogP) is 4.54. The Labute approximate surface area is 216 Å². The first-order valence-electron chi connectivity index (χ1n) is 13.1. The van der Waals surface area contributed by atoms with Crippen molar-refractivity contribution in [3.05, 3.63) is 52.6 Å². The van der Waals surface area contributed by atoms with Crippen molar-refractivity contribution in [3.63, 3.8) is 0 Å². The Morgan fingerprint density at radius 3 is 2.59 bits per heavy atom. The Balaban J connectivity index is 1.41. The van der Waals surface area contributed by atoms with E-state index in [1.807, 2.05) is 0 Å². The Hall–Kier alpha value is -2.72. The average molecular weight is 520 g/mol. The number of carbonyl (C=O) groups excluding carboxylic acids is 1.